The van der Waals surface area contributed by atoms with E-state index in [1.54, 1.807) is 17.0 Å². The SMILES string of the molecule is Cc1c(CC(=O)N2CCC=C(c3cccc(F)c3)C2)c(=O)[nH]c2ccc(F)c(F)c12. The number of aromatic amines is 1. The Kier molecular flexibility index (Phi) is 5.20. The van der Waals surface area contributed by atoms with Crippen LogP contribution < -0.4 is 5.56 Å². The second-order valence-electron chi connectivity index (χ2n) is 7.36. The molecule has 4 rings (SSSR count). The summed E-state index contributed by atoms with van der Waals surface area (Å²) in [5.74, 6) is -2.73. The third-order valence-corrected chi connectivity index (χ3v) is 5.47. The number of aryl methyl sites for hydroxylation is 1. The Bertz CT molecular complexity index is 1250. The number of carbonyl (C=O) groups is 1. The van der Waals surface area contributed by atoms with E-state index in [1.165, 1.54) is 25.1 Å². The maximum Gasteiger partial charge on any atom is 0.252 e. The van der Waals surface area contributed by atoms with Gasteiger partial charge < -0.3 is 9.88 Å². The first-order valence-electron chi connectivity index (χ1n) is 9.57. The number of hydrogen-bond acceptors (Lipinski definition) is 2. The van der Waals surface area contributed by atoms with E-state index in [4.69, 9.17) is 0 Å². The van der Waals surface area contributed by atoms with Gasteiger partial charge in [-0.2, -0.15) is 0 Å². The van der Waals surface area contributed by atoms with Crippen molar-refractivity contribution in [2.45, 2.75) is 19.8 Å². The summed E-state index contributed by atoms with van der Waals surface area (Å²) < 4.78 is 41.5. The van der Waals surface area contributed by atoms with Gasteiger partial charge in [0, 0.05) is 24.0 Å². The van der Waals surface area contributed by atoms with Crippen LogP contribution in [0.15, 0.2) is 47.3 Å². The van der Waals surface area contributed by atoms with Crippen molar-refractivity contribution in [2.24, 2.45) is 0 Å². The van der Waals surface area contributed by atoms with Crippen LogP contribution in [0.1, 0.15) is 23.1 Å². The number of hydrogen-bond donors (Lipinski definition) is 1. The van der Waals surface area contributed by atoms with Gasteiger partial charge in [-0.1, -0.05) is 18.2 Å². The fraction of sp³-hybridized carbons (Fsp3) is 0.217. The molecule has 0 bridgehead atoms. The van der Waals surface area contributed by atoms with Gasteiger partial charge in [0.1, 0.15) is 5.82 Å². The maximum atomic E-state index is 14.3. The fourth-order valence-corrected chi connectivity index (χ4v) is 3.87. The highest BCUT2D eigenvalue weighted by Crippen LogP contribution is 2.25. The highest BCUT2D eigenvalue weighted by atomic mass is 19.2. The molecule has 2 aromatic carbocycles. The molecule has 2 heterocycles. The van der Waals surface area contributed by atoms with E-state index in [-0.39, 0.29) is 46.7 Å². The predicted octanol–water partition coefficient (Wildman–Crippen LogP) is 4.11. The Hall–Kier alpha value is -3.35. The van der Waals surface area contributed by atoms with Crippen LogP contribution in [-0.4, -0.2) is 28.9 Å². The number of rotatable bonds is 3. The third-order valence-electron chi connectivity index (χ3n) is 5.47. The maximum absolute atomic E-state index is 14.3. The Labute approximate surface area is 170 Å². The first kappa shape index (κ1) is 19.9. The first-order valence-corrected chi connectivity index (χ1v) is 9.57. The Morgan fingerprint density at radius 1 is 1.17 bits per heavy atom. The molecule has 1 aliphatic rings. The van der Waals surface area contributed by atoms with Gasteiger partial charge in [-0.05, 0) is 54.3 Å². The number of pyridine rings is 1. The zero-order chi connectivity index (χ0) is 21.4. The molecular weight excluding hydrogens is 393 g/mol. The first-order chi connectivity index (χ1) is 14.3. The quantitative estimate of drug-likeness (QED) is 0.704. The van der Waals surface area contributed by atoms with Crippen LogP contribution in [0, 0.1) is 24.4 Å². The number of carbonyl (C=O) groups excluding carboxylic acids is 1. The van der Waals surface area contributed by atoms with Gasteiger partial charge >= 0.3 is 0 Å². The standard InChI is InChI=1S/C23H19F3N2O2/c1-13-17(23(30)27-19-8-7-18(25)22(26)21(13)19)11-20(29)28-9-3-5-15(12-28)14-4-2-6-16(24)10-14/h2,4-8,10H,3,9,11-12H2,1H3,(H,27,30). The van der Waals surface area contributed by atoms with Crippen molar-refractivity contribution in [3.8, 4) is 0 Å². The average Bonchev–Trinajstić information content (AvgIpc) is 2.73. The summed E-state index contributed by atoms with van der Waals surface area (Å²) in [6, 6.07) is 8.40. The number of nitrogens with zero attached hydrogens (tertiary/aromatic N) is 1. The number of amides is 1. The molecule has 1 aromatic heterocycles. The monoisotopic (exact) mass is 412 g/mol. The number of fused-ring (bicyclic) bond motifs is 1. The van der Waals surface area contributed by atoms with Crippen LogP contribution in [-0.2, 0) is 11.2 Å². The summed E-state index contributed by atoms with van der Waals surface area (Å²) >= 11 is 0. The summed E-state index contributed by atoms with van der Waals surface area (Å²) in [5.41, 5.74) is 1.56. The molecule has 4 nitrogen and oxygen atoms in total. The van der Waals surface area contributed by atoms with Gasteiger partial charge in [0.25, 0.3) is 5.56 Å². The van der Waals surface area contributed by atoms with Crippen LogP contribution in [0.2, 0.25) is 0 Å². The molecule has 0 radical (unpaired) electrons. The van der Waals surface area contributed by atoms with E-state index in [1.807, 2.05) is 6.08 Å². The van der Waals surface area contributed by atoms with Crippen molar-refractivity contribution in [2.75, 3.05) is 13.1 Å². The zero-order valence-electron chi connectivity index (χ0n) is 16.3. The van der Waals surface area contributed by atoms with Crippen LogP contribution in [0.3, 0.4) is 0 Å². The lowest BCUT2D eigenvalue weighted by atomic mass is 9.99. The van der Waals surface area contributed by atoms with Crippen molar-refractivity contribution >= 4 is 22.4 Å². The Morgan fingerprint density at radius 2 is 1.97 bits per heavy atom. The number of halogens is 3. The van der Waals surface area contributed by atoms with Gasteiger partial charge in [-0.25, -0.2) is 13.2 Å². The third kappa shape index (κ3) is 3.63. The minimum atomic E-state index is -1.05. The van der Waals surface area contributed by atoms with Crippen molar-refractivity contribution in [1.29, 1.82) is 0 Å². The fourth-order valence-electron chi connectivity index (χ4n) is 3.87. The smallest absolute Gasteiger partial charge is 0.252 e. The molecule has 0 saturated heterocycles. The Balaban J connectivity index is 1.61. The Morgan fingerprint density at radius 3 is 2.73 bits per heavy atom. The summed E-state index contributed by atoms with van der Waals surface area (Å²) in [5, 5.41) is -0.0311. The van der Waals surface area contributed by atoms with E-state index in [2.05, 4.69) is 4.98 Å². The van der Waals surface area contributed by atoms with E-state index in [0.29, 0.717) is 18.5 Å². The van der Waals surface area contributed by atoms with Gasteiger partial charge in [0.15, 0.2) is 11.6 Å². The van der Waals surface area contributed by atoms with Crippen LogP contribution in [0.4, 0.5) is 13.2 Å². The molecule has 0 atom stereocenters. The van der Waals surface area contributed by atoms with Crippen molar-refractivity contribution in [1.82, 2.24) is 9.88 Å². The summed E-state index contributed by atoms with van der Waals surface area (Å²) in [7, 11) is 0. The summed E-state index contributed by atoms with van der Waals surface area (Å²) in [4.78, 5) is 29.5. The number of aromatic nitrogens is 1. The topological polar surface area (TPSA) is 53.2 Å². The molecule has 0 spiro atoms. The predicted molar refractivity (Wildman–Crippen MR) is 108 cm³/mol. The molecule has 7 heteroatoms. The molecule has 3 aromatic rings. The largest absolute Gasteiger partial charge is 0.338 e. The summed E-state index contributed by atoms with van der Waals surface area (Å²) in [6.45, 7) is 2.26. The molecule has 30 heavy (non-hydrogen) atoms. The van der Waals surface area contributed by atoms with Crippen molar-refractivity contribution in [3.05, 3.63) is 87.0 Å². The lowest BCUT2D eigenvalue weighted by Crippen LogP contribution is -2.37. The van der Waals surface area contributed by atoms with Gasteiger partial charge in [-0.15, -0.1) is 0 Å². The number of H-pyrrole nitrogens is 1. The van der Waals surface area contributed by atoms with Crippen LogP contribution >= 0.6 is 0 Å². The lowest BCUT2D eigenvalue weighted by molar-refractivity contribution is -0.130. The normalized spacial score (nSPS) is 14.1. The van der Waals surface area contributed by atoms with Crippen LogP contribution in [0.5, 0.6) is 0 Å². The van der Waals surface area contributed by atoms with Gasteiger partial charge in [0.05, 0.1) is 11.9 Å². The van der Waals surface area contributed by atoms with Gasteiger partial charge in [0.2, 0.25) is 5.91 Å². The van der Waals surface area contributed by atoms with Crippen molar-refractivity contribution < 1.29 is 18.0 Å². The molecule has 0 unspecified atom stereocenters. The van der Waals surface area contributed by atoms with E-state index in [0.717, 1.165) is 11.6 Å². The minimum Gasteiger partial charge on any atom is -0.338 e. The molecule has 1 N–H and O–H groups in total. The number of benzene rings is 2. The minimum absolute atomic E-state index is 0.0311. The highest BCUT2D eigenvalue weighted by molar-refractivity contribution is 5.87. The summed E-state index contributed by atoms with van der Waals surface area (Å²) in [6.07, 6.45) is 2.33. The average molecular weight is 412 g/mol. The molecule has 0 saturated carbocycles. The lowest BCUT2D eigenvalue weighted by Gasteiger charge is -2.28. The van der Waals surface area contributed by atoms with E-state index < -0.39 is 17.2 Å². The molecular formula is C23H19F3N2O2. The van der Waals surface area contributed by atoms with Crippen LogP contribution in [0.25, 0.3) is 16.5 Å². The molecule has 154 valence electrons. The second kappa shape index (κ2) is 7.82. The second-order valence-corrected chi connectivity index (χ2v) is 7.36. The van der Waals surface area contributed by atoms with E-state index in [9.17, 15) is 22.8 Å². The van der Waals surface area contributed by atoms with E-state index >= 15 is 0 Å². The molecule has 0 aliphatic carbocycles. The molecule has 0 fully saturated rings. The highest BCUT2D eigenvalue weighted by Gasteiger charge is 2.23. The molecule has 1 amide bonds. The van der Waals surface area contributed by atoms with Gasteiger partial charge in [-0.3, -0.25) is 9.59 Å². The van der Waals surface area contributed by atoms with Crippen molar-refractivity contribution in [3.63, 3.8) is 0 Å². The molecule has 1 aliphatic heterocycles. The number of nitrogens with one attached hydrogen (secondary N) is 1. The zero-order valence-corrected chi connectivity index (χ0v) is 16.3.